The van der Waals surface area contributed by atoms with Crippen molar-refractivity contribution in [2.45, 2.75) is 0 Å². The summed E-state index contributed by atoms with van der Waals surface area (Å²) in [4.78, 5) is 12.6. The summed E-state index contributed by atoms with van der Waals surface area (Å²) in [6, 6.07) is 17.2. The van der Waals surface area contributed by atoms with Crippen LogP contribution in [0, 0.1) is 0 Å². The Balaban J connectivity index is 1.67. The van der Waals surface area contributed by atoms with Crippen LogP contribution < -0.4 is 0 Å². The molecule has 0 saturated carbocycles. The average Bonchev–Trinajstić information content (AvgIpc) is 3.43. The minimum atomic E-state index is 0.362. The van der Waals surface area contributed by atoms with Gasteiger partial charge in [-0.1, -0.05) is 28.6 Å². The van der Waals surface area contributed by atoms with Crippen LogP contribution >= 0.6 is 0 Å². The smallest absolute Gasteiger partial charge is 0.258 e. The van der Waals surface area contributed by atoms with E-state index in [4.69, 9.17) is 4.52 Å². The Morgan fingerprint density at radius 3 is 2.14 bits per heavy atom. The highest BCUT2D eigenvalue weighted by Gasteiger charge is 2.22. The maximum Gasteiger partial charge on any atom is 0.258 e. The van der Waals surface area contributed by atoms with E-state index >= 15 is 0 Å². The van der Waals surface area contributed by atoms with E-state index < -0.39 is 0 Å². The van der Waals surface area contributed by atoms with Crippen molar-refractivity contribution in [1.82, 2.24) is 35.1 Å². The van der Waals surface area contributed by atoms with Crippen LogP contribution in [-0.4, -0.2) is 35.1 Å². The van der Waals surface area contributed by atoms with Gasteiger partial charge in [-0.3, -0.25) is 9.97 Å². The predicted molar refractivity (Wildman–Crippen MR) is 101 cm³/mol. The number of hydrogen-bond acceptors (Lipinski definition) is 7. The molecule has 1 aromatic carbocycles. The summed E-state index contributed by atoms with van der Waals surface area (Å²) < 4.78 is 7.19. The summed E-state index contributed by atoms with van der Waals surface area (Å²) in [6.45, 7) is 0. The van der Waals surface area contributed by atoms with Crippen molar-refractivity contribution in [2.75, 3.05) is 0 Å². The molecule has 8 nitrogen and oxygen atoms in total. The maximum atomic E-state index is 5.43. The van der Waals surface area contributed by atoms with Gasteiger partial charge < -0.3 is 4.52 Å². The molecule has 28 heavy (non-hydrogen) atoms. The van der Waals surface area contributed by atoms with E-state index in [1.165, 1.54) is 0 Å². The number of aromatic nitrogens is 7. The molecule has 0 radical (unpaired) electrons. The fourth-order valence-electron chi connectivity index (χ4n) is 2.88. The molecule has 0 unspecified atom stereocenters. The Labute approximate surface area is 159 Å². The molecule has 0 aliphatic heterocycles. The topological polar surface area (TPSA) is 95.4 Å². The lowest BCUT2D eigenvalue weighted by Gasteiger charge is -2.07. The van der Waals surface area contributed by atoms with E-state index in [0.29, 0.717) is 17.4 Å². The minimum absolute atomic E-state index is 0.362. The molecule has 5 aromatic rings. The van der Waals surface area contributed by atoms with Crippen LogP contribution in [-0.2, 0) is 0 Å². The van der Waals surface area contributed by atoms with Crippen molar-refractivity contribution in [1.29, 1.82) is 0 Å². The third kappa shape index (κ3) is 2.82. The fourth-order valence-corrected chi connectivity index (χ4v) is 2.88. The zero-order chi connectivity index (χ0) is 18.8. The van der Waals surface area contributed by atoms with Crippen LogP contribution in [0.5, 0.6) is 0 Å². The molecular weight excluding hydrogens is 354 g/mol. The Bertz CT molecular complexity index is 1200. The van der Waals surface area contributed by atoms with E-state index in [9.17, 15) is 0 Å². The van der Waals surface area contributed by atoms with Gasteiger partial charge in [0, 0.05) is 35.9 Å². The van der Waals surface area contributed by atoms with Crippen LogP contribution in [0.25, 0.3) is 39.9 Å². The number of hydrogen-bond donors (Lipinski definition) is 0. The number of benzene rings is 1. The Kier molecular flexibility index (Phi) is 3.91. The van der Waals surface area contributed by atoms with Gasteiger partial charge in [-0.25, -0.2) is 4.68 Å². The standard InChI is InChI=1S/C20H13N7O/c1-2-4-16(5-3-1)27-18(14-6-10-21-11-7-14)17(24-26-27)19-23-20(28-25-19)15-8-12-22-13-9-15/h1-13H. The highest BCUT2D eigenvalue weighted by molar-refractivity contribution is 5.76. The first kappa shape index (κ1) is 16.0. The van der Waals surface area contributed by atoms with E-state index in [2.05, 4.69) is 30.4 Å². The second-order valence-electron chi connectivity index (χ2n) is 5.93. The number of rotatable bonds is 4. The summed E-state index contributed by atoms with van der Waals surface area (Å²) in [5, 5.41) is 12.8. The highest BCUT2D eigenvalue weighted by Crippen LogP contribution is 2.31. The van der Waals surface area contributed by atoms with Gasteiger partial charge in [-0.15, -0.1) is 5.10 Å². The van der Waals surface area contributed by atoms with Crippen molar-refractivity contribution in [3.05, 3.63) is 79.4 Å². The first-order valence-electron chi connectivity index (χ1n) is 8.56. The zero-order valence-electron chi connectivity index (χ0n) is 14.5. The molecular formula is C20H13N7O. The number of nitrogens with zero attached hydrogens (tertiary/aromatic N) is 7. The number of para-hydroxylation sites is 1. The van der Waals surface area contributed by atoms with Crippen LogP contribution in [0.15, 0.2) is 83.9 Å². The molecule has 0 aliphatic carbocycles. The second kappa shape index (κ2) is 6.84. The normalized spacial score (nSPS) is 10.9. The van der Waals surface area contributed by atoms with E-state index in [-0.39, 0.29) is 0 Å². The molecule has 0 aliphatic rings. The Morgan fingerprint density at radius 2 is 1.43 bits per heavy atom. The maximum absolute atomic E-state index is 5.43. The zero-order valence-corrected chi connectivity index (χ0v) is 14.5. The molecule has 5 rings (SSSR count). The van der Waals surface area contributed by atoms with E-state index in [1.54, 1.807) is 29.5 Å². The van der Waals surface area contributed by atoms with Gasteiger partial charge in [0.2, 0.25) is 5.82 Å². The summed E-state index contributed by atoms with van der Waals surface area (Å²) in [5.74, 6) is 0.758. The lowest BCUT2D eigenvalue weighted by molar-refractivity contribution is 0.432. The molecule has 0 atom stereocenters. The van der Waals surface area contributed by atoms with Crippen LogP contribution in [0.3, 0.4) is 0 Å². The molecule has 0 amide bonds. The molecule has 0 N–H and O–H groups in total. The average molecular weight is 367 g/mol. The van der Waals surface area contributed by atoms with Gasteiger partial charge >= 0.3 is 0 Å². The van der Waals surface area contributed by atoms with Crippen molar-refractivity contribution < 1.29 is 4.52 Å². The fraction of sp³-hybridized carbons (Fsp3) is 0. The van der Waals surface area contributed by atoms with Gasteiger partial charge in [-0.05, 0) is 36.4 Å². The summed E-state index contributed by atoms with van der Waals surface area (Å²) in [7, 11) is 0. The number of pyridine rings is 2. The summed E-state index contributed by atoms with van der Waals surface area (Å²) >= 11 is 0. The SMILES string of the molecule is c1ccc(-n2nnc(-c3noc(-c4ccncc4)n3)c2-c2ccncc2)cc1. The van der Waals surface area contributed by atoms with Crippen molar-refractivity contribution in [3.63, 3.8) is 0 Å². The van der Waals surface area contributed by atoms with Crippen molar-refractivity contribution in [2.24, 2.45) is 0 Å². The molecule has 134 valence electrons. The van der Waals surface area contributed by atoms with Gasteiger partial charge in [0.1, 0.15) is 5.69 Å². The lowest BCUT2D eigenvalue weighted by Crippen LogP contribution is -1.99. The molecule has 0 bridgehead atoms. The molecule has 0 spiro atoms. The first-order valence-corrected chi connectivity index (χ1v) is 8.56. The van der Waals surface area contributed by atoms with Crippen LogP contribution in [0.2, 0.25) is 0 Å². The van der Waals surface area contributed by atoms with Crippen molar-refractivity contribution in [3.8, 4) is 39.9 Å². The van der Waals surface area contributed by atoms with Gasteiger partial charge in [0.25, 0.3) is 5.89 Å². The Hall–Kier alpha value is -4.20. The van der Waals surface area contributed by atoms with Gasteiger partial charge in [0.05, 0.1) is 5.69 Å². The van der Waals surface area contributed by atoms with Crippen molar-refractivity contribution >= 4 is 0 Å². The Morgan fingerprint density at radius 1 is 0.750 bits per heavy atom. The first-order chi connectivity index (χ1) is 13.9. The van der Waals surface area contributed by atoms with Gasteiger partial charge in [0.15, 0.2) is 5.69 Å². The van der Waals surface area contributed by atoms with Gasteiger partial charge in [-0.2, -0.15) is 4.98 Å². The van der Waals surface area contributed by atoms with Crippen LogP contribution in [0.1, 0.15) is 0 Å². The molecule has 4 aromatic heterocycles. The highest BCUT2D eigenvalue weighted by atomic mass is 16.5. The predicted octanol–water partition coefficient (Wildman–Crippen LogP) is 3.44. The minimum Gasteiger partial charge on any atom is -0.334 e. The monoisotopic (exact) mass is 367 g/mol. The second-order valence-corrected chi connectivity index (χ2v) is 5.93. The molecule has 4 heterocycles. The third-order valence-electron chi connectivity index (χ3n) is 4.19. The lowest BCUT2D eigenvalue weighted by atomic mass is 10.1. The summed E-state index contributed by atoms with van der Waals surface area (Å²) in [5.41, 5.74) is 3.85. The quantitative estimate of drug-likeness (QED) is 0.480. The molecule has 0 saturated heterocycles. The molecule has 0 fully saturated rings. The van der Waals surface area contributed by atoms with E-state index in [0.717, 1.165) is 22.5 Å². The molecule has 8 heteroatoms. The third-order valence-corrected chi connectivity index (χ3v) is 4.19. The summed E-state index contributed by atoms with van der Waals surface area (Å²) in [6.07, 6.45) is 6.79. The van der Waals surface area contributed by atoms with E-state index in [1.807, 2.05) is 54.6 Å². The van der Waals surface area contributed by atoms with Crippen LogP contribution in [0.4, 0.5) is 0 Å². The largest absolute Gasteiger partial charge is 0.334 e.